The van der Waals surface area contributed by atoms with Crippen molar-refractivity contribution in [3.8, 4) is 0 Å². The first kappa shape index (κ1) is 12.7. The van der Waals surface area contributed by atoms with Gasteiger partial charge in [-0.1, -0.05) is 30.8 Å². The summed E-state index contributed by atoms with van der Waals surface area (Å²) in [5, 5.41) is 10.3. The summed E-state index contributed by atoms with van der Waals surface area (Å²) in [6.45, 7) is 1.58. The molecule has 2 heterocycles. The molecule has 0 spiro atoms. The van der Waals surface area contributed by atoms with Crippen molar-refractivity contribution in [2.24, 2.45) is 0 Å². The van der Waals surface area contributed by atoms with Gasteiger partial charge in [-0.2, -0.15) is 0 Å². The molecule has 0 atom stereocenters. The fourth-order valence-corrected chi connectivity index (χ4v) is 2.99. The number of nitrogens with one attached hydrogen (secondary N) is 2. The quantitative estimate of drug-likeness (QED) is 0.798. The summed E-state index contributed by atoms with van der Waals surface area (Å²) in [5.41, 5.74) is 1.42. The summed E-state index contributed by atoms with van der Waals surface area (Å²) in [7, 11) is 0. The van der Waals surface area contributed by atoms with E-state index in [1.54, 1.807) is 0 Å². The lowest BCUT2D eigenvalue weighted by molar-refractivity contribution is 0.0923. The van der Waals surface area contributed by atoms with Crippen LogP contribution < -0.4 is 10.6 Å². The topological polar surface area (TPSA) is 67.2 Å². The molecule has 0 unspecified atom stereocenters. The Bertz CT molecular complexity index is 448. The number of amides is 1. The van der Waals surface area contributed by atoms with Crippen LogP contribution in [0.4, 0.5) is 0 Å². The number of carbonyl (C=O) groups is 1. The Morgan fingerprint density at radius 1 is 1.26 bits per heavy atom. The molecule has 1 saturated carbocycles. The average molecular weight is 263 g/mol. The molecular formula is C14H21N3O2. The number of rotatable bonds is 2. The van der Waals surface area contributed by atoms with E-state index in [2.05, 4.69) is 15.8 Å². The third-order valence-corrected chi connectivity index (χ3v) is 4.11. The maximum atomic E-state index is 12.3. The molecule has 1 aromatic heterocycles. The van der Waals surface area contributed by atoms with Crippen LogP contribution in [0.25, 0.3) is 0 Å². The zero-order valence-electron chi connectivity index (χ0n) is 11.2. The maximum absolute atomic E-state index is 12.3. The summed E-state index contributed by atoms with van der Waals surface area (Å²) < 4.78 is 5.27. The highest BCUT2D eigenvalue weighted by Gasteiger charge is 2.25. The van der Waals surface area contributed by atoms with Gasteiger partial charge in [0.15, 0.2) is 5.69 Å². The Morgan fingerprint density at radius 2 is 2.05 bits per heavy atom. The monoisotopic (exact) mass is 263 g/mol. The van der Waals surface area contributed by atoms with Crippen molar-refractivity contribution >= 4 is 5.91 Å². The summed E-state index contributed by atoms with van der Waals surface area (Å²) in [4.78, 5) is 12.3. The van der Waals surface area contributed by atoms with E-state index in [0.29, 0.717) is 18.3 Å². The normalized spacial score (nSPS) is 20.6. The van der Waals surface area contributed by atoms with E-state index in [1.165, 1.54) is 25.7 Å². The van der Waals surface area contributed by atoms with E-state index in [9.17, 15) is 4.79 Å². The molecule has 104 valence electrons. The molecule has 3 rings (SSSR count). The second kappa shape index (κ2) is 5.74. The van der Waals surface area contributed by atoms with Crippen LogP contribution in [0.15, 0.2) is 4.52 Å². The lowest BCUT2D eigenvalue weighted by atomic mass is 10.1. The summed E-state index contributed by atoms with van der Waals surface area (Å²) >= 11 is 0. The van der Waals surface area contributed by atoms with E-state index in [4.69, 9.17) is 4.52 Å². The first-order chi connectivity index (χ1) is 9.34. The molecule has 1 aliphatic heterocycles. The number of carbonyl (C=O) groups excluding carboxylic acids is 1. The van der Waals surface area contributed by atoms with Gasteiger partial charge in [0.25, 0.3) is 5.91 Å². The molecule has 5 heteroatoms. The average Bonchev–Trinajstić information content (AvgIpc) is 2.70. The minimum Gasteiger partial charge on any atom is -0.360 e. The highest BCUT2D eigenvalue weighted by atomic mass is 16.5. The van der Waals surface area contributed by atoms with Crippen LogP contribution in [0.5, 0.6) is 0 Å². The van der Waals surface area contributed by atoms with E-state index < -0.39 is 0 Å². The molecule has 19 heavy (non-hydrogen) atoms. The van der Waals surface area contributed by atoms with Crippen LogP contribution in [0.1, 0.15) is 60.3 Å². The lowest BCUT2D eigenvalue weighted by Crippen LogP contribution is -2.35. The van der Waals surface area contributed by atoms with E-state index >= 15 is 0 Å². The van der Waals surface area contributed by atoms with Gasteiger partial charge in [0, 0.05) is 31.1 Å². The van der Waals surface area contributed by atoms with Crippen molar-refractivity contribution in [2.75, 3.05) is 6.54 Å². The first-order valence-electron chi connectivity index (χ1n) is 7.33. The van der Waals surface area contributed by atoms with Gasteiger partial charge in [-0.3, -0.25) is 4.79 Å². The highest BCUT2D eigenvalue weighted by Crippen LogP contribution is 2.20. The Labute approximate surface area is 113 Å². The van der Waals surface area contributed by atoms with E-state index in [-0.39, 0.29) is 5.91 Å². The Kier molecular flexibility index (Phi) is 3.82. The number of hydrogen-bond donors (Lipinski definition) is 2. The fourth-order valence-electron chi connectivity index (χ4n) is 2.99. The van der Waals surface area contributed by atoms with Crippen molar-refractivity contribution in [3.63, 3.8) is 0 Å². The largest absolute Gasteiger partial charge is 0.360 e. The Hall–Kier alpha value is -1.36. The molecule has 0 saturated heterocycles. The predicted molar refractivity (Wildman–Crippen MR) is 70.9 cm³/mol. The van der Waals surface area contributed by atoms with Crippen molar-refractivity contribution in [1.29, 1.82) is 0 Å². The van der Waals surface area contributed by atoms with Gasteiger partial charge in [0.05, 0.1) is 0 Å². The summed E-state index contributed by atoms with van der Waals surface area (Å²) in [6.07, 6.45) is 7.99. The van der Waals surface area contributed by atoms with Crippen molar-refractivity contribution in [2.45, 2.75) is 57.5 Å². The van der Waals surface area contributed by atoms with Gasteiger partial charge in [-0.15, -0.1) is 0 Å². The number of nitrogens with zero attached hydrogens (tertiary/aromatic N) is 1. The van der Waals surface area contributed by atoms with Gasteiger partial charge < -0.3 is 15.2 Å². The van der Waals surface area contributed by atoms with Gasteiger partial charge in [-0.05, 0) is 12.8 Å². The maximum Gasteiger partial charge on any atom is 0.274 e. The summed E-state index contributed by atoms with van der Waals surface area (Å²) in [6, 6.07) is 0.305. The second-order valence-corrected chi connectivity index (χ2v) is 5.52. The number of fused-ring (bicyclic) bond motifs is 1. The Balaban J connectivity index is 1.68. The lowest BCUT2D eigenvalue weighted by Gasteiger charge is -2.16. The SMILES string of the molecule is O=C(NC1CCCCCC1)c1noc2c1CNCC2. The predicted octanol–water partition coefficient (Wildman–Crippen LogP) is 1.77. The minimum absolute atomic E-state index is 0.0689. The minimum atomic E-state index is -0.0689. The number of aromatic nitrogens is 1. The molecule has 2 aliphatic rings. The van der Waals surface area contributed by atoms with Crippen LogP contribution in [0, 0.1) is 0 Å². The van der Waals surface area contributed by atoms with Crippen molar-refractivity contribution < 1.29 is 9.32 Å². The molecule has 0 radical (unpaired) electrons. The van der Waals surface area contributed by atoms with Gasteiger partial charge in [0.2, 0.25) is 0 Å². The van der Waals surface area contributed by atoms with Crippen molar-refractivity contribution in [1.82, 2.24) is 15.8 Å². The fraction of sp³-hybridized carbons (Fsp3) is 0.714. The smallest absolute Gasteiger partial charge is 0.274 e. The van der Waals surface area contributed by atoms with Crippen LogP contribution >= 0.6 is 0 Å². The molecule has 0 bridgehead atoms. The van der Waals surface area contributed by atoms with Crippen LogP contribution in [-0.2, 0) is 13.0 Å². The third kappa shape index (κ3) is 2.81. The molecule has 2 N–H and O–H groups in total. The molecule has 0 aromatic carbocycles. The van der Waals surface area contributed by atoms with Gasteiger partial charge in [-0.25, -0.2) is 0 Å². The zero-order valence-corrected chi connectivity index (χ0v) is 11.2. The van der Waals surface area contributed by atoms with Crippen LogP contribution in [-0.4, -0.2) is 23.7 Å². The second-order valence-electron chi connectivity index (χ2n) is 5.52. The molecule has 5 nitrogen and oxygen atoms in total. The Morgan fingerprint density at radius 3 is 2.84 bits per heavy atom. The molecule has 1 aliphatic carbocycles. The standard InChI is InChI=1S/C14H21N3O2/c18-14(16-10-5-3-1-2-4-6-10)13-11-9-15-8-7-12(11)19-17-13/h10,15H,1-9H2,(H,16,18). The van der Waals surface area contributed by atoms with Gasteiger partial charge >= 0.3 is 0 Å². The summed E-state index contributed by atoms with van der Waals surface area (Å²) in [5.74, 6) is 0.797. The van der Waals surface area contributed by atoms with E-state index in [0.717, 1.165) is 37.1 Å². The number of hydrogen-bond acceptors (Lipinski definition) is 4. The first-order valence-corrected chi connectivity index (χ1v) is 7.33. The molecule has 1 amide bonds. The van der Waals surface area contributed by atoms with Crippen LogP contribution in [0.2, 0.25) is 0 Å². The van der Waals surface area contributed by atoms with Crippen molar-refractivity contribution in [3.05, 3.63) is 17.0 Å². The highest BCUT2D eigenvalue weighted by molar-refractivity contribution is 5.94. The van der Waals surface area contributed by atoms with Crippen LogP contribution in [0.3, 0.4) is 0 Å². The van der Waals surface area contributed by atoms with Gasteiger partial charge in [0.1, 0.15) is 5.76 Å². The molecular weight excluding hydrogens is 242 g/mol. The molecule has 1 fully saturated rings. The third-order valence-electron chi connectivity index (χ3n) is 4.11. The van der Waals surface area contributed by atoms with E-state index in [1.807, 2.05) is 0 Å². The molecule has 1 aromatic rings. The zero-order chi connectivity index (χ0) is 13.1.